The van der Waals surface area contributed by atoms with Crippen LogP contribution in [0.2, 0.25) is 0 Å². The summed E-state index contributed by atoms with van der Waals surface area (Å²) in [5.74, 6) is 0.698. The largest absolute Gasteiger partial charge is 0.339 e. The molecule has 2 unspecified atom stereocenters. The third kappa shape index (κ3) is 5.35. The third-order valence-corrected chi connectivity index (χ3v) is 6.08. The number of allylic oxidation sites excluding steroid dienone is 6. The van der Waals surface area contributed by atoms with Crippen LogP contribution in [0.1, 0.15) is 57.9 Å². The fourth-order valence-corrected chi connectivity index (χ4v) is 4.53. The van der Waals surface area contributed by atoms with Crippen LogP contribution in [0.5, 0.6) is 0 Å². The van der Waals surface area contributed by atoms with Crippen molar-refractivity contribution < 1.29 is 4.79 Å². The lowest BCUT2D eigenvalue weighted by molar-refractivity contribution is -0.134. The van der Waals surface area contributed by atoms with Crippen molar-refractivity contribution in [3.63, 3.8) is 0 Å². The highest BCUT2D eigenvalue weighted by Crippen LogP contribution is 2.32. The van der Waals surface area contributed by atoms with Crippen molar-refractivity contribution in [3.8, 4) is 0 Å². The van der Waals surface area contributed by atoms with Crippen LogP contribution in [0.25, 0.3) is 5.57 Å². The first-order valence-electron chi connectivity index (χ1n) is 10.5. The predicted molar refractivity (Wildman–Crippen MR) is 117 cm³/mol. The van der Waals surface area contributed by atoms with Gasteiger partial charge in [0.05, 0.1) is 0 Å². The summed E-state index contributed by atoms with van der Waals surface area (Å²) >= 11 is 6.10. The van der Waals surface area contributed by atoms with Gasteiger partial charge in [0.2, 0.25) is 5.91 Å². The van der Waals surface area contributed by atoms with E-state index in [9.17, 15) is 4.79 Å². The molecule has 4 heteroatoms. The highest BCUT2D eigenvalue weighted by Gasteiger charge is 2.37. The normalized spacial score (nSPS) is 23.6. The summed E-state index contributed by atoms with van der Waals surface area (Å²) in [6.45, 7) is 4.95. The monoisotopic (exact) mass is 398 g/mol. The van der Waals surface area contributed by atoms with Crippen molar-refractivity contribution in [2.75, 3.05) is 6.54 Å². The lowest BCUT2D eigenvalue weighted by atomic mass is 9.91. The standard InChI is InChI=1S/C24H31ClN2O/c1-18(23-13-15-27(24(23)28)22-11-4-3-5-12-22)8-6-9-20(16-19(2)25)21-10-7-14-26-17-21/h6-10,14,16-18,22-23H,3-5,11-13,15H2,1-2H3/b8-6+,19-16+,20-9+. The van der Waals surface area contributed by atoms with Gasteiger partial charge in [0.25, 0.3) is 0 Å². The molecule has 0 bridgehead atoms. The number of hydrogen-bond acceptors (Lipinski definition) is 2. The Labute approximate surface area is 174 Å². The number of carbonyl (C=O) groups excluding carboxylic acids is 1. The van der Waals surface area contributed by atoms with Gasteiger partial charge in [-0.25, -0.2) is 0 Å². The average Bonchev–Trinajstić information content (AvgIpc) is 3.09. The Morgan fingerprint density at radius 2 is 2.07 bits per heavy atom. The zero-order chi connectivity index (χ0) is 19.9. The minimum absolute atomic E-state index is 0.110. The van der Waals surface area contributed by atoms with E-state index in [1.165, 1.54) is 32.1 Å². The number of pyridine rings is 1. The van der Waals surface area contributed by atoms with Crippen molar-refractivity contribution >= 4 is 23.1 Å². The number of aromatic nitrogens is 1. The number of amides is 1. The molecule has 1 aliphatic carbocycles. The molecule has 0 spiro atoms. The molecular weight excluding hydrogens is 368 g/mol. The lowest BCUT2D eigenvalue weighted by Gasteiger charge is -2.31. The fraction of sp³-hybridized carbons (Fsp3) is 0.500. The molecule has 3 nitrogen and oxygen atoms in total. The molecule has 0 N–H and O–H groups in total. The molecule has 2 atom stereocenters. The Hall–Kier alpha value is -1.87. The van der Waals surface area contributed by atoms with Crippen LogP contribution in [0.4, 0.5) is 0 Å². The molecule has 3 rings (SSSR count). The molecule has 1 aromatic heterocycles. The molecule has 28 heavy (non-hydrogen) atoms. The van der Waals surface area contributed by atoms with Crippen LogP contribution in [0, 0.1) is 11.8 Å². The van der Waals surface area contributed by atoms with Gasteiger partial charge in [0, 0.05) is 41.5 Å². The Balaban J connectivity index is 1.66. The van der Waals surface area contributed by atoms with E-state index in [4.69, 9.17) is 11.6 Å². The number of hydrogen-bond donors (Lipinski definition) is 0. The van der Waals surface area contributed by atoms with E-state index in [0.29, 0.717) is 11.9 Å². The van der Waals surface area contributed by atoms with E-state index < -0.39 is 0 Å². The number of halogens is 1. The first-order chi connectivity index (χ1) is 13.6. The van der Waals surface area contributed by atoms with Crippen molar-refractivity contribution in [2.24, 2.45) is 11.8 Å². The fourth-order valence-electron chi connectivity index (χ4n) is 4.41. The predicted octanol–water partition coefficient (Wildman–Crippen LogP) is 5.98. The molecule has 150 valence electrons. The Kier molecular flexibility index (Phi) is 7.50. The van der Waals surface area contributed by atoms with Gasteiger partial charge < -0.3 is 4.90 Å². The van der Waals surface area contributed by atoms with Gasteiger partial charge in [0.1, 0.15) is 0 Å². The second kappa shape index (κ2) is 10.1. The SMILES string of the molecule is C\C(Cl)=C/C(=C\C=C\C(C)C1CCN(C2CCCCC2)C1=O)c1cccnc1. The summed E-state index contributed by atoms with van der Waals surface area (Å²) in [4.78, 5) is 19.3. The Bertz CT molecular complexity index is 743. The number of likely N-dealkylation sites (tertiary alicyclic amines) is 1. The van der Waals surface area contributed by atoms with E-state index in [2.05, 4.69) is 35.0 Å². The maximum Gasteiger partial charge on any atom is 0.226 e. The highest BCUT2D eigenvalue weighted by molar-refractivity contribution is 6.29. The van der Waals surface area contributed by atoms with E-state index in [1.807, 2.05) is 31.3 Å². The average molecular weight is 399 g/mol. The molecule has 2 heterocycles. The summed E-state index contributed by atoms with van der Waals surface area (Å²) < 4.78 is 0. The smallest absolute Gasteiger partial charge is 0.226 e. The van der Waals surface area contributed by atoms with Crippen LogP contribution in [0.15, 0.2) is 53.9 Å². The quantitative estimate of drug-likeness (QED) is 0.552. The molecule has 1 aliphatic heterocycles. The summed E-state index contributed by atoms with van der Waals surface area (Å²) in [7, 11) is 0. The van der Waals surface area contributed by atoms with E-state index in [0.717, 1.165) is 29.1 Å². The highest BCUT2D eigenvalue weighted by atomic mass is 35.5. The minimum atomic E-state index is 0.110. The topological polar surface area (TPSA) is 33.2 Å². The van der Waals surface area contributed by atoms with Gasteiger partial charge in [-0.1, -0.05) is 62.1 Å². The van der Waals surface area contributed by atoms with Crippen molar-refractivity contribution in [1.82, 2.24) is 9.88 Å². The molecule has 1 aromatic rings. The van der Waals surface area contributed by atoms with Gasteiger partial charge in [-0.05, 0) is 49.8 Å². The maximum absolute atomic E-state index is 13.0. The molecule has 0 aromatic carbocycles. The second-order valence-electron chi connectivity index (χ2n) is 8.06. The van der Waals surface area contributed by atoms with Crippen LogP contribution in [-0.2, 0) is 4.79 Å². The second-order valence-corrected chi connectivity index (χ2v) is 8.65. The van der Waals surface area contributed by atoms with Gasteiger partial charge in [-0.3, -0.25) is 9.78 Å². The Morgan fingerprint density at radius 1 is 1.29 bits per heavy atom. The van der Waals surface area contributed by atoms with Crippen LogP contribution in [0.3, 0.4) is 0 Å². The van der Waals surface area contributed by atoms with Gasteiger partial charge >= 0.3 is 0 Å². The maximum atomic E-state index is 13.0. The van der Waals surface area contributed by atoms with E-state index >= 15 is 0 Å². The van der Waals surface area contributed by atoms with Gasteiger partial charge in [-0.2, -0.15) is 0 Å². The van der Waals surface area contributed by atoms with E-state index in [-0.39, 0.29) is 11.8 Å². The van der Waals surface area contributed by atoms with Crippen LogP contribution in [-0.4, -0.2) is 28.4 Å². The number of nitrogens with zero attached hydrogens (tertiary/aromatic N) is 2. The zero-order valence-corrected chi connectivity index (χ0v) is 17.7. The Morgan fingerprint density at radius 3 is 2.75 bits per heavy atom. The van der Waals surface area contributed by atoms with Gasteiger partial charge in [-0.15, -0.1) is 0 Å². The van der Waals surface area contributed by atoms with Crippen molar-refractivity contribution in [1.29, 1.82) is 0 Å². The van der Waals surface area contributed by atoms with Gasteiger partial charge in [0.15, 0.2) is 0 Å². The van der Waals surface area contributed by atoms with Crippen molar-refractivity contribution in [2.45, 2.75) is 58.4 Å². The summed E-state index contributed by atoms with van der Waals surface area (Å²) in [6.07, 6.45) is 19.0. The molecule has 2 fully saturated rings. The zero-order valence-electron chi connectivity index (χ0n) is 17.0. The van der Waals surface area contributed by atoms with Crippen LogP contribution < -0.4 is 0 Å². The molecule has 0 radical (unpaired) electrons. The van der Waals surface area contributed by atoms with E-state index in [1.54, 1.807) is 6.20 Å². The summed E-state index contributed by atoms with van der Waals surface area (Å²) in [5.41, 5.74) is 2.05. The molecular formula is C24H31ClN2O. The summed E-state index contributed by atoms with van der Waals surface area (Å²) in [5, 5.41) is 0.727. The minimum Gasteiger partial charge on any atom is -0.339 e. The molecule has 1 amide bonds. The lowest BCUT2D eigenvalue weighted by Crippen LogP contribution is -2.39. The number of carbonyl (C=O) groups is 1. The first kappa shape index (κ1) is 20.9. The molecule has 1 saturated carbocycles. The molecule has 2 aliphatic rings. The third-order valence-electron chi connectivity index (χ3n) is 5.97. The number of rotatable bonds is 6. The summed E-state index contributed by atoms with van der Waals surface area (Å²) in [6, 6.07) is 4.43. The first-order valence-corrected chi connectivity index (χ1v) is 10.9. The van der Waals surface area contributed by atoms with Crippen LogP contribution >= 0.6 is 11.6 Å². The van der Waals surface area contributed by atoms with Crippen molar-refractivity contribution in [3.05, 3.63) is 59.4 Å². The molecule has 1 saturated heterocycles.